The first-order valence-corrected chi connectivity index (χ1v) is 3.76. The Labute approximate surface area is 74.1 Å². The highest BCUT2D eigenvalue weighted by Gasteiger charge is 2.09. The molecule has 70 valence electrons. The topological polar surface area (TPSA) is 26.3 Å². The minimum Gasteiger partial charge on any atom is -0.491 e. The van der Waals surface area contributed by atoms with Crippen molar-refractivity contribution in [3.63, 3.8) is 0 Å². The molecular weight excluding hydrogens is 178 g/mol. The van der Waals surface area contributed by atoms with E-state index in [1.165, 1.54) is 0 Å². The lowest BCUT2D eigenvalue weighted by molar-refractivity contribution is 0.111. The highest BCUT2D eigenvalue weighted by atomic mass is 19.1. The van der Waals surface area contributed by atoms with Crippen LogP contribution in [0.25, 0.3) is 0 Å². The lowest BCUT2D eigenvalue weighted by Gasteiger charge is -2.05. The molecule has 0 saturated carbocycles. The summed E-state index contributed by atoms with van der Waals surface area (Å²) in [6.45, 7) is 1.93. The first kappa shape index (κ1) is 9.64. The summed E-state index contributed by atoms with van der Waals surface area (Å²) in [6.07, 6.45) is 0.317. The zero-order chi connectivity index (χ0) is 9.84. The smallest absolute Gasteiger partial charge is 0.168 e. The Morgan fingerprint density at radius 3 is 2.62 bits per heavy atom. The first-order valence-electron chi connectivity index (χ1n) is 3.76. The van der Waals surface area contributed by atoms with E-state index in [1.807, 2.05) is 0 Å². The van der Waals surface area contributed by atoms with Crippen LogP contribution in [0.15, 0.2) is 12.1 Å². The molecule has 13 heavy (non-hydrogen) atoms. The van der Waals surface area contributed by atoms with Crippen LogP contribution in [-0.4, -0.2) is 12.9 Å². The number of carbonyl (C=O) groups is 1. The molecule has 0 atom stereocenters. The molecular formula is C9H8F2O2. The summed E-state index contributed by atoms with van der Waals surface area (Å²) in [5.74, 6) is -1.79. The van der Waals surface area contributed by atoms with Gasteiger partial charge in [0.15, 0.2) is 17.9 Å². The molecule has 0 spiro atoms. The third-order valence-corrected chi connectivity index (χ3v) is 1.48. The maximum absolute atomic E-state index is 12.9. The third kappa shape index (κ3) is 2.02. The lowest BCUT2D eigenvalue weighted by Crippen LogP contribution is -1.98. The zero-order valence-electron chi connectivity index (χ0n) is 7.01. The molecule has 0 aliphatic heterocycles. The summed E-state index contributed by atoms with van der Waals surface area (Å²) in [6, 6.07) is 1.68. The van der Waals surface area contributed by atoms with Crippen molar-refractivity contribution in [3.05, 3.63) is 29.3 Å². The van der Waals surface area contributed by atoms with Crippen LogP contribution < -0.4 is 4.74 Å². The van der Waals surface area contributed by atoms with Crippen LogP contribution in [0.3, 0.4) is 0 Å². The summed E-state index contributed by atoms with van der Waals surface area (Å²) in [5.41, 5.74) is -0.204. The lowest BCUT2D eigenvalue weighted by atomic mass is 10.2. The third-order valence-electron chi connectivity index (χ3n) is 1.48. The predicted octanol–water partition coefficient (Wildman–Crippen LogP) is 2.18. The Kier molecular flexibility index (Phi) is 2.95. The molecule has 0 unspecified atom stereocenters. The van der Waals surface area contributed by atoms with E-state index in [0.29, 0.717) is 12.4 Å². The molecule has 1 rings (SSSR count). The van der Waals surface area contributed by atoms with Crippen molar-refractivity contribution in [2.75, 3.05) is 6.61 Å². The van der Waals surface area contributed by atoms with Gasteiger partial charge in [0.05, 0.1) is 12.2 Å². The SMILES string of the molecule is CCOc1cc(C=O)c(F)cc1F. The van der Waals surface area contributed by atoms with Crippen LogP contribution in [0.4, 0.5) is 8.78 Å². The summed E-state index contributed by atoms with van der Waals surface area (Å²) in [7, 11) is 0. The van der Waals surface area contributed by atoms with Crippen molar-refractivity contribution < 1.29 is 18.3 Å². The van der Waals surface area contributed by atoms with E-state index in [9.17, 15) is 13.6 Å². The van der Waals surface area contributed by atoms with Crippen molar-refractivity contribution in [2.45, 2.75) is 6.92 Å². The Bertz CT molecular complexity index is 324. The largest absolute Gasteiger partial charge is 0.491 e. The molecule has 0 heterocycles. The van der Waals surface area contributed by atoms with Gasteiger partial charge in [0.2, 0.25) is 0 Å². The summed E-state index contributed by atoms with van der Waals surface area (Å²) in [5, 5.41) is 0. The minimum atomic E-state index is -0.879. The van der Waals surface area contributed by atoms with Crippen LogP contribution in [0.5, 0.6) is 5.75 Å². The van der Waals surface area contributed by atoms with Gasteiger partial charge in [0.25, 0.3) is 0 Å². The van der Waals surface area contributed by atoms with Gasteiger partial charge in [-0.3, -0.25) is 4.79 Å². The van der Waals surface area contributed by atoms with Crippen LogP contribution in [-0.2, 0) is 0 Å². The standard InChI is InChI=1S/C9H8F2O2/c1-2-13-9-3-6(5-12)7(10)4-8(9)11/h3-5H,2H2,1H3. The second-order valence-corrected chi connectivity index (χ2v) is 2.36. The fourth-order valence-corrected chi connectivity index (χ4v) is 0.901. The number of rotatable bonds is 3. The van der Waals surface area contributed by atoms with Gasteiger partial charge >= 0.3 is 0 Å². The molecule has 0 bridgehead atoms. The average molecular weight is 186 g/mol. The zero-order valence-corrected chi connectivity index (χ0v) is 7.01. The Balaban J connectivity index is 3.14. The Morgan fingerprint density at radius 1 is 1.38 bits per heavy atom. The number of hydrogen-bond donors (Lipinski definition) is 0. The highest BCUT2D eigenvalue weighted by Crippen LogP contribution is 2.20. The highest BCUT2D eigenvalue weighted by molar-refractivity contribution is 5.76. The molecule has 0 fully saturated rings. The van der Waals surface area contributed by atoms with Crippen LogP contribution >= 0.6 is 0 Å². The molecule has 0 aromatic heterocycles. The second-order valence-electron chi connectivity index (χ2n) is 2.36. The van der Waals surface area contributed by atoms with Crippen LogP contribution in [0.2, 0.25) is 0 Å². The van der Waals surface area contributed by atoms with E-state index in [4.69, 9.17) is 4.74 Å². The molecule has 1 aromatic rings. The molecule has 4 heteroatoms. The predicted molar refractivity (Wildman–Crippen MR) is 42.9 cm³/mol. The average Bonchev–Trinajstić information content (AvgIpc) is 2.10. The molecule has 0 aliphatic carbocycles. The normalized spacial score (nSPS) is 9.77. The minimum absolute atomic E-state index is 0.106. The fraction of sp³-hybridized carbons (Fsp3) is 0.222. The van der Waals surface area contributed by atoms with Crippen LogP contribution in [0, 0.1) is 11.6 Å². The van der Waals surface area contributed by atoms with Gasteiger partial charge in [-0.25, -0.2) is 8.78 Å². The number of halogens is 2. The summed E-state index contributed by atoms with van der Waals surface area (Å²) >= 11 is 0. The van der Waals surface area contributed by atoms with Crippen LogP contribution in [0.1, 0.15) is 17.3 Å². The summed E-state index contributed by atoms with van der Waals surface area (Å²) in [4.78, 5) is 10.3. The Morgan fingerprint density at radius 2 is 2.08 bits per heavy atom. The van der Waals surface area contributed by atoms with Crippen molar-refractivity contribution in [1.29, 1.82) is 0 Å². The van der Waals surface area contributed by atoms with Gasteiger partial charge in [-0.15, -0.1) is 0 Å². The number of ether oxygens (including phenoxy) is 1. The monoisotopic (exact) mass is 186 g/mol. The van der Waals surface area contributed by atoms with Gasteiger partial charge in [0.1, 0.15) is 5.82 Å². The van der Waals surface area contributed by atoms with Gasteiger partial charge in [-0.2, -0.15) is 0 Å². The molecule has 0 aliphatic rings. The number of aldehydes is 1. The maximum atomic E-state index is 12.9. The maximum Gasteiger partial charge on any atom is 0.168 e. The van der Waals surface area contributed by atoms with Gasteiger partial charge in [-0.1, -0.05) is 0 Å². The van der Waals surface area contributed by atoms with E-state index >= 15 is 0 Å². The fourth-order valence-electron chi connectivity index (χ4n) is 0.901. The number of hydrogen-bond acceptors (Lipinski definition) is 2. The molecule has 2 nitrogen and oxygen atoms in total. The van der Waals surface area contributed by atoms with E-state index in [2.05, 4.69) is 0 Å². The Hall–Kier alpha value is -1.45. The second kappa shape index (κ2) is 3.98. The van der Waals surface area contributed by atoms with Crippen molar-refractivity contribution >= 4 is 6.29 Å². The van der Waals surface area contributed by atoms with E-state index in [1.54, 1.807) is 6.92 Å². The van der Waals surface area contributed by atoms with Gasteiger partial charge in [-0.05, 0) is 13.0 Å². The molecule has 0 saturated heterocycles. The summed E-state index contributed by atoms with van der Waals surface area (Å²) < 4.78 is 30.5. The number of benzene rings is 1. The van der Waals surface area contributed by atoms with E-state index in [-0.39, 0.29) is 17.9 Å². The van der Waals surface area contributed by atoms with Crippen molar-refractivity contribution in [2.24, 2.45) is 0 Å². The molecule has 0 amide bonds. The van der Waals surface area contributed by atoms with E-state index in [0.717, 1.165) is 6.07 Å². The molecule has 0 N–H and O–H groups in total. The first-order chi connectivity index (χ1) is 6.19. The van der Waals surface area contributed by atoms with Crippen molar-refractivity contribution in [1.82, 2.24) is 0 Å². The number of carbonyl (C=O) groups excluding carboxylic acids is 1. The quantitative estimate of drug-likeness (QED) is 0.676. The van der Waals surface area contributed by atoms with E-state index < -0.39 is 11.6 Å². The van der Waals surface area contributed by atoms with Gasteiger partial charge < -0.3 is 4.74 Å². The van der Waals surface area contributed by atoms with Crippen molar-refractivity contribution in [3.8, 4) is 5.75 Å². The molecule has 0 radical (unpaired) electrons. The van der Waals surface area contributed by atoms with Gasteiger partial charge in [0, 0.05) is 6.07 Å². The molecule has 1 aromatic carbocycles.